The molecule has 0 radical (unpaired) electrons. The van der Waals surface area contributed by atoms with E-state index in [1.165, 1.54) is 17.5 Å². The summed E-state index contributed by atoms with van der Waals surface area (Å²) in [6, 6.07) is 14.4. The van der Waals surface area contributed by atoms with Crippen LogP contribution in [0.15, 0.2) is 42.5 Å². The van der Waals surface area contributed by atoms with Crippen molar-refractivity contribution < 1.29 is 5.11 Å². The zero-order chi connectivity index (χ0) is 12.3. The van der Waals surface area contributed by atoms with Crippen molar-refractivity contribution in [3.63, 3.8) is 0 Å². The minimum Gasteiger partial charge on any atom is -0.508 e. The van der Waals surface area contributed by atoms with Crippen LogP contribution in [0.2, 0.25) is 0 Å². The van der Waals surface area contributed by atoms with Crippen LogP contribution >= 0.6 is 0 Å². The molecule has 0 saturated heterocycles. The molecule has 0 saturated carbocycles. The first-order valence-corrected chi connectivity index (χ1v) is 6.09. The van der Waals surface area contributed by atoms with Crippen molar-refractivity contribution >= 4 is 0 Å². The predicted octanol–water partition coefficient (Wildman–Crippen LogP) is 4.32. The van der Waals surface area contributed by atoms with Gasteiger partial charge in [0.15, 0.2) is 0 Å². The summed E-state index contributed by atoms with van der Waals surface area (Å²) in [4.78, 5) is 0. The topological polar surface area (TPSA) is 20.2 Å². The quantitative estimate of drug-likeness (QED) is 0.826. The van der Waals surface area contributed by atoms with Crippen LogP contribution < -0.4 is 0 Å². The van der Waals surface area contributed by atoms with Crippen LogP contribution in [-0.4, -0.2) is 5.11 Å². The van der Waals surface area contributed by atoms with Crippen molar-refractivity contribution in [2.45, 2.75) is 26.7 Å². The molecule has 0 aliphatic heterocycles. The van der Waals surface area contributed by atoms with E-state index in [0.29, 0.717) is 5.75 Å². The maximum Gasteiger partial charge on any atom is 0.118 e. The third kappa shape index (κ3) is 2.68. The first-order chi connectivity index (χ1) is 8.20. The van der Waals surface area contributed by atoms with Gasteiger partial charge < -0.3 is 5.11 Å². The van der Waals surface area contributed by atoms with Crippen LogP contribution in [0.25, 0.3) is 11.1 Å². The van der Waals surface area contributed by atoms with E-state index < -0.39 is 0 Å². The van der Waals surface area contributed by atoms with E-state index in [0.717, 1.165) is 17.5 Å². The second-order valence-electron chi connectivity index (χ2n) is 4.45. The zero-order valence-corrected chi connectivity index (χ0v) is 10.4. The van der Waals surface area contributed by atoms with Gasteiger partial charge >= 0.3 is 0 Å². The summed E-state index contributed by atoms with van der Waals surface area (Å²) in [7, 11) is 0. The molecule has 17 heavy (non-hydrogen) atoms. The number of aryl methyl sites for hydroxylation is 2. The van der Waals surface area contributed by atoms with Gasteiger partial charge in [0.05, 0.1) is 0 Å². The summed E-state index contributed by atoms with van der Waals surface area (Å²) in [5.41, 5.74) is 4.66. The molecule has 2 aromatic rings. The molecular weight excluding hydrogens is 208 g/mol. The lowest BCUT2D eigenvalue weighted by Gasteiger charge is -2.06. The molecule has 1 N–H and O–H groups in total. The zero-order valence-electron chi connectivity index (χ0n) is 10.4. The van der Waals surface area contributed by atoms with Crippen LogP contribution in [0.4, 0.5) is 0 Å². The minimum atomic E-state index is 0.358. The normalized spacial score (nSPS) is 10.5. The highest BCUT2D eigenvalue weighted by atomic mass is 16.3. The summed E-state index contributed by atoms with van der Waals surface area (Å²) >= 11 is 0. The van der Waals surface area contributed by atoms with Crippen molar-refractivity contribution in [1.82, 2.24) is 0 Å². The fourth-order valence-corrected chi connectivity index (χ4v) is 1.99. The molecule has 2 rings (SSSR count). The van der Waals surface area contributed by atoms with Crippen molar-refractivity contribution in [3.05, 3.63) is 53.6 Å². The van der Waals surface area contributed by atoms with Gasteiger partial charge in [0.2, 0.25) is 0 Å². The van der Waals surface area contributed by atoms with Crippen LogP contribution in [0.5, 0.6) is 5.75 Å². The molecule has 1 heteroatoms. The number of aromatic hydroxyl groups is 1. The summed E-state index contributed by atoms with van der Waals surface area (Å²) in [5.74, 6) is 0.358. The molecular formula is C16H18O. The van der Waals surface area contributed by atoms with E-state index in [1.54, 1.807) is 6.07 Å². The van der Waals surface area contributed by atoms with Gasteiger partial charge in [-0.05, 0) is 47.7 Å². The first-order valence-electron chi connectivity index (χ1n) is 6.09. The van der Waals surface area contributed by atoms with Gasteiger partial charge in [0.1, 0.15) is 5.75 Å². The Morgan fingerprint density at radius 3 is 2.18 bits per heavy atom. The van der Waals surface area contributed by atoms with Gasteiger partial charge in [-0.3, -0.25) is 0 Å². The Morgan fingerprint density at radius 2 is 1.59 bits per heavy atom. The van der Waals surface area contributed by atoms with Crippen molar-refractivity contribution in [2.24, 2.45) is 0 Å². The third-order valence-electron chi connectivity index (χ3n) is 3.02. The van der Waals surface area contributed by atoms with Crippen molar-refractivity contribution in [1.29, 1.82) is 0 Å². The molecule has 0 unspecified atom stereocenters. The minimum absolute atomic E-state index is 0.358. The Hall–Kier alpha value is -1.76. The number of hydrogen-bond acceptors (Lipinski definition) is 1. The molecule has 0 fully saturated rings. The molecule has 0 amide bonds. The fraction of sp³-hybridized carbons (Fsp3) is 0.250. The van der Waals surface area contributed by atoms with Gasteiger partial charge in [-0.1, -0.05) is 43.7 Å². The predicted molar refractivity (Wildman–Crippen MR) is 72.3 cm³/mol. The summed E-state index contributed by atoms with van der Waals surface area (Å²) in [6.45, 7) is 4.11. The average molecular weight is 226 g/mol. The Bertz CT molecular complexity index is 497. The average Bonchev–Trinajstić information content (AvgIpc) is 2.34. The van der Waals surface area contributed by atoms with Gasteiger partial charge in [-0.15, -0.1) is 0 Å². The van der Waals surface area contributed by atoms with Crippen LogP contribution in [-0.2, 0) is 6.42 Å². The maximum atomic E-state index is 9.50. The number of hydrogen-bond donors (Lipinski definition) is 1. The molecule has 0 aliphatic carbocycles. The Balaban J connectivity index is 2.30. The van der Waals surface area contributed by atoms with Crippen molar-refractivity contribution in [3.8, 4) is 16.9 Å². The molecule has 0 heterocycles. The smallest absolute Gasteiger partial charge is 0.118 e. The lowest BCUT2D eigenvalue weighted by atomic mass is 10.0. The lowest BCUT2D eigenvalue weighted by Crippen LogP contribution is -1.84. The molecule has 1 nitrogen and oxygen atoms in total. The summed E-state index contributed by atoms with van der Waals surface area (Å²) < 4.78 is 0. The number of benzene rings is 2. The number of phenolic OH excluding ortho intramolecular Hbond substituents is 1. The molecule has 0 atom stereocenters. The Morgan fingerprint density at radius 1 is 0.941 bits per heavy atom. The van der Waals surface area contributed by atoms with Gasteiger partial charge in [-0.2, -0.15) is 0 Å². The molecule has 0 aliphatic rings. The Kier molecular flexibility index (Phi) is 3.48. The Labute approximate surface area is 103 Å². The van der Waals surface area contributed by atoms with Gasteiger partial charge in [0.25, 0.3) is 0 Å². The van der Waals surface area contributed by atoms with E-state index >= 15 is 0 Å². The molecule has 0 aromatic heterocycles. The molecule has 2 aromatic carbocycles. The van der Waals surface area contributed by atoms with E-state index in [2.05, 4.69) is 31.2 Å². The van der Waals surface area contributed by atoms with Crippen LogP contribution in [0.3, 0.4) is 0 Å². The van der Waals surface area contributed by atoms with Gasteiger partial charge in [0, 0.05) is 0 Å². The highest BCUT2D eigenvalue weighted by Crippen LogP contribution is 2.25. The second kappa shape index (κ2) is 5.05. The van der Waals surface area contributed by atoms with E-state index in [9.17, 15) is 5.11 Å². The van der Waals surface area contributed by atoms with Crippen molar-refractivity contribution in [2.75, 3.05) is 0 Å². The lowest BCUT2D eigenvalue weighted by molar-refractivity contribution is 0.471. The first kappa shape index (κ1) is 11.7. The molecule has 0 spiro atoms. The SMILES string of the molecule is CCCc1ccc(-c2ccc(O)c(C)c2)cc1. The molecule has 88 valence electrons. The largest absolute Gasteiger partial charge is 0.508 e. The second-order valence-corrected chi connectivity index (χ2v) is 4.45. The maximum absolute atomic E-state index is 9.50. The number of rotatable bonds is 3. The van der Waals surface area contributed by atoms with Crippen LogP contribution in [0, 0.1) is 6.92 Å². The summed E-state index contributed by atoms with van der Waals surface area (Å²) in [6.07, 6.45) is 2.31. The monoisotopic (exact) mass is 226 g/mol. The highest BCUT2D eigenvalue weighted by Gasteiger charge is 2.01. The molecule has 0 bridgehead atoms. The van der Waals surface area contributed by atoms with E-state index in [1.807, 2.05) is 19.1 Å². The number of phenols is 1. The fourth-order valence-electron chi connectivity index (χ4n) is 1.99. The summed E-state index contributed by atoms with van der Waals surface area (Å²) in [5, 5.41) is 9.50. The third-order valence-corrected chi connectivity index (χ3v) is 3.02. The van der Waals surface area contributed by atoms with E-state index in [4.69, 9.17) is 0 Å². The van der Waals surface area contributed by atoms with Crippen LogP contribution in [0.1, 0.15) is 24.5 Å². The van der Waals surface area contributed by atoms with E-state index in [-0.39, 0.29) is 0 Å². The van der Waals surface area contributed by atoms with Gasteiger partial charge in [-0.25, -0.2) is 0 Å². The standard InChI is InChI=1S/C16H18O/c1-3-4-13-5-7-14(8-6-13)15-9-10-16(17)12(2)11-15/h5-11,17H,3-4H2,1-2H3. The highest BCUT2D eigenvalue weighted by molar-refractivity contribution is 5.65.